The van der Waals surface area contributed by atoms with Gasteiger partial charge in [0.2, 0.25) is 0 Å². The van der Waals surface area contributed by atoms with Crippen molar-refractivity contribution in [3.05, 3.63) is 35.6 Å². The topological polar surface area (TPSA) is 15.3 Å². The third-order valence-corrected chi connectivity index (χ3v) is 4.10. The van der Waals surface area contributed by atoms with Gasteiger partial charge in [0.25, 0.3) is 0 Å². The first-order valence-electron chi connectivity index (χ1n) is 7.43. The molecule has 2 atom stereocenters. The predicted octanol–water partition coefficient (Wildman–Crippen LogP) is 3.35. The number of hydrogen-bond donors (Lipinski definition) is 1. The van der Waals surface area contributed by atoms with E-state index in [1.54, 1.807) is 12.1 Å². The first-order valence-corrected chi connectivity index (χ1v) is 7.43. The van der Waals surface area contributed by atoms with E-state index in [9.17, 15) is 4.39 Å². The molecule has 2 nitrogen and oxygen atoms in total. The molecule has 0 radical (unpaired) electrons. The summed E-state index contributed by atoms with van der Waals surface area (Å²) in [6.07, 6.45) is 3.66. The van der Waals surface area contributed by atoms with Crippen LogP contribution in [0.4, 0.5) is 4.39 Å². The number of nitrogens with zero attached hydrogens (tertiary/aromatic N) is 1. The highest BCUT2D eigenvalue weighted by atomic mass is 19.1. The molecule has 1 heterocycles. The van der Waals surface area contributed by atoms with Crippen LogP contribution in [0, 0.1) is 5.82 Å². The minimum atomic E-state index is -0.149. The van der Waals surface area contributed by atoms with Crippen molar-refractivity contribution >= 4 is 0 Å². The molecule has 2 rings (SSSR count). The molecule has 1 N–H and O–H groups in total. The third-order valence-electron chi connectivity index (χ3n) is 4.10. The summed E-state index contributed by atoms with van der Waals surface area (Å²) in [6, 6.07) is 7.68. The summed E-state index contributed by atoms with van der Waals surface area (Å²) < 4.78 is 13.2. The molecule has 106 valence electrons. The molecule has 19 heavy (non-hydrogen) atoms. The van der Waals surface area contributed by atoms with Crippen molar-refractivity contribution in [3.8, 4) is 0 Å². The van der Waals surface area contributed by atoms with Crippen LogP contribution in [0.1, 0.15) is 44.7 Å². The quantitative estimate of drug-likeness (QED) is 0.897. The number of hydrogen-bond acceptors (Lipinski definition) is 2. The Morgan fingerprint density at radius 1 is 1.37 bits per heavy atom. The van der Waals surface area contributed by atoms with Gasteiger partial charge in [-0.3, -0.25) is 0 Å². The van der Waals surface area contributed by atoms with Crippen molar-refractivity contribution in [2.24, 2.45) is 0 Å². The summed E-state index contributed by atoms with van der Waals surface area (Å²) >= 11 is 0. The highest BCUT2D eigenvalue weighted by Crippen LogP contribution is 2.18. The molecule has 0 aromatic heterocycles. The van der Waals surface area contributed by atoms with E-state index in [0.29, 0.717) is 6.04 Å². The zero-order valence-electron chi connectivity index (χ0n) is 12.0. The molecule has 1 aliphatic heterocycles. The number of rotatable bonds is 4. The van der Waals surface area contributed by atoms with E-state index in [-0.39, 0.29) is 11.9 Å². The maximum atomic E-state index is 13.2. The lowest BCUT2D eigenvalue weighted by Gasteiger charge is -2.23. The number of likely N-dealkylation sites (tertiary alicyclic amines) is 1. The summed E-state index contributed by atoms with van der Waals surface area (Å²) in [5, 5.41) is 3.65. The van der Waals surface area contributed by atoms with Gasteiger partial charge < -0.3 is 10.2 Å². The monoisotopic (exact) mass is 264 g/mol. The maximum Gasteiger partial charge on any atom is 0.123 e. The largest absolute Gasteiger partial charge is 0.307 e. The average Bonchev–Trinajstić information content (AvgIpc) is 2.64. The summed E-state index contributed by atoms with van der Waals surface area (Å²) in [5.41, 5.74) is 1.04. The third kappa shape index (κ3) is 4.29. The fourth-order valence-corrected chi connectivity index (χ4v) is 2.86. The van der Waals surface area contributed by atoms with Gasteiger partial charge in [-0.1, -0.05) is 19.1 Å². The molecule has 0 saturated carbocycles. The first-order chi connectivity index (χ1) is 9.19. The summed E-state index contributed by atoms with van der Waals surface area (Å²) in [6.45, 7) is 7.87. The van der Waals surface area contributed by atoms with Crippen LogP contribution in [0.25, 0.3) is 0 Å². The van der Waals surface area contributed by atoms with Crippen LogP contribution < -0.4 is 5.32 Å². The predicted molar refractivity (Wildman–Crippen MR) is 77.7 cm³/mol. The number of benzene rings is 1. The molecule has 1 aromatic carbocycles. The van der Waals surface area contributed by atoms with Crippen molar-refractivity contribution < 1.29 is 4.39 Å². The van der Waals surface area contributed by atoms with E-state index in [1.807, 2.05) is 6.07 Å². The van der Waals surface area contributed by atoms with E-state index in [0.717, 1.165) is 12.1 Å². The SMILES string of the molecule is CCN1CCCC(N[C@@H](C)c2cccc(F)c2)CC1. The van der Waals surface area contributed by atoms with Gasteiger partial charge in [0.15, 0.2) is 0 Å². The molecule has 1 aliphatic rings. The van der Waals surface area contributed by atoms with Crippen LogP contribution in [0.3, 0.4) is 0 Å². The Morgan fingerprint density at radius 3 is 2.95 bits per heavy atom. The standard InChI is InChI=1S/C16H25FN2/c1-3-19-10-5-8-16(9-11-19)18-13(2)14-6-4-7-15(17)12-14/h4,6-7,12-13,16,18H,3,5,8-11H2,1-2H3/t13-,16?/m0/s1. The fraction of sp³-hybridized carbons (Fsp3) is 0.625. The van der Waals surface area contributed by atoms with Gasteiger partial charge in [0.05, 0.1) is 0 Å². The Labute approximate surface area is 116 Å². The second-order valence-electron chi connectivity index (χ2n) is 5.51. The molecule has 1 aromatic rings. The van der Waals surface area contributed by atoms with Crippen LogP contribution in [0.15, 0.2) is 24.3 Å². The van der Waals surface area contributed by atoms with Crippen molar-refractivity contribution in [2.75, 3.05) is 19.6 Å². The Kier molecular flexibility index (Phi) is 5.34. The van der Waals surface area contributed by atoms with Crippen LogP contribution >= 0.6 is 0 Å². The van der Waals surface area contributed by atoms with E-state index >= 15 is 0 Å². The van der Waals surface area contributed by atoms with Crippen LogP contribution in [-0.2, 0) is 0 Å². The molecular formula is C16H25FN2. The van der Waals surface area contributed by atoms with E-state index in [4.69, 9.17) is 0 Å². The molecule has 1 unspecified atom stereocenters. The normalized spacial score (nSPS) is 23.0. The zero-order chi connectivity index (χ0) is 13.7. The molecular weight excluding hydrogens is 239 g/mol. The summed E-state index contributed by atoms with van der Waals surface area (Å²) in [4.78, 5) is 2.51. The van der Waals surface area contributed by atoms with Gasteiger partial charge in [0, 0.05) is 12.1 Å². The van der Waals surface area contributed by atoms with E-state index in [1.165, 1.54) is 38.4 Å². The highest BCUT2D eigenvalue weighted by Gasteiger charge is 2.18. The van der Waals surface area contributed by atoms with Crippen molar-refractivity contribution in [1.82, 2.24) is 10.2 Å². The van der Waals surface area contributed by atoms with Gasteiger partial charge >= 0.3 is 0 Å². The Hall–Kier alpha value is -0.930. The molecule has 1 saturated heterocycles. The van der Waals surface area contributed by atoms with Gasteiger partial charge in [-0.25, -0.2) is 4.39 Å². The average molecular weight is 264 g/mol. The van der Waals surface area contributed by atoms with E-state index in [2.05, 4.69) is 24.1 Å². The lowest BCUT2D eigenvalue weighted by Crippen LogP contribution is -2.33. The lowest BCUT2D eigenvalue weighted by molar-refractivity contribution is 0.295. The minimum Gasteiger partial charge on any atom is -0.307 e. The molecule has 1 fully saturated rings. The fourth-order valence-electron chi connectivity index (χ4n) is 2.86. The number of nitrogens with one attached hydrogen (secondary N) is 1. The Balaban J connectivity index is 1.90. The second kappa shape index (κ2) is 7.01. The first kappa shape index (κ1) is 14.5. The summed E-state index contributed by atoms with van der Waals surface area (Å²) in [5.74, 6) is -0.149. The van der Waals surface area contributed by atoms with Crippen LogP contribution in [-0.4, -0.2) is 30.6 Å². The molecule has 0 aliphatic carbocycles. The lowest BCUT2D eigenvalue weighted by atomic mass is 10.0. The van der Waals surface area contributed by atoms with Crippen molar-refractivity contribution in [1.29, 1.82) is 0 Å². The second-order valence-corrected chi connectivity index (χ2v) is 5.51. The van der Waals surface area contributed by atoms with Crippen molar-refractivity contribution in [3.63, 3.8) is 0 Å². The molecule has 0 amide bonds. The summed E-state index contributed by atoms with van der Waals surface area (Å²) in [7, 11) is 0. The zero-order valence-corrected chi connectivity index (χ0v) is 12.0. The van der Waals surface area contributed by atoms with Gasteiger partial charge in [-0.15, -0.1) is 0 Å². The van der Waals surface area contributed by atoms with E-state index < -0.39 is 0 Å². The Morgan fingerprint density at radius 2 is 2.21 bits per heavy atom. The van der Waals surface area contributed by atoms with Crippen LogP contribution in [0.2, 0.25) is 0 Å². The van der Waals surface area contributed by atoms with Gasteiger partial charge in [-0.2, -0.15) is 0 Å². The van der Waals surface area contributed by atoms with Crippen molar-refractivity contribution in [2.45, 2.75) is 45.2 Å². The molecule has 0 bridgehead atoms. The number of halogens is 1. The molecule has 3 heteroatoms. The molecule has 0 spiro atoms. The van der Waals surface area contributed by atoms with Crippen LogP contribution in [0.5, 0.6) is 0 Å². The van der Waals surface area contributed by atoms with Gasteiger partial charge in [0.1, 0.15) is 5.82 Å². The highest BCUT2D eigenvalue weighted by molar-refractivity contribution is 5.19. The van der Waals surface area contributed by atoms with Gasteiger partial charge in [-0.05, 0) is 63.5 Å². The Bertz CT molecular complexity index is 394. The minimum absolute atomic E-state index is 0.149. The maximum absolute atomic E-state index is 13.2. The smallest absolute Gasteiger partial charge is 0.123 e.